The number of thioether (sulfide) groups is 1. The molecule has 6 nitrogen and oxygen atoms in total. The fourth-order valence-electron chi connectivity index (χ4n) is 2.53. The number of ketones is 1. The molecule has 7 heteroatoms. The quantitative estimate of drug-likeness (QED) is 0.777. The van der Waals surface area contributed by atoms with E-state index in [0.29, 0.717) is 16.4 Å². The first-order chi connectivity index (χ1) is 12.9. The molecule has 0 spiro atoms. The average molecular weight is 381 g/mol. The summed E-state index contributed by atoms with van der Waals surface area (Å²) in [5.74, 6) is -0.604. The molecule has 1 fully saturated rings. The van der Waals surface area contributed by atoms with Crippen LogP contribution in [0.2, 0.25) is 0 Å². The Kier molecular flexibility index (Phi) is 5.71. The molecule has 0 unspecified atom stereocenters. The second kappa shape index (κ2) is 8.18. The van der Waals surface area contributed by atoms with Crippen LogP contribution in [0.4, 0.5) is 11.4 Å². The highest BCUT2D eigenvalue weighted by atomic mass is 32.2. The first-order valence-electron chi connectivity index (χ1n) is 8.44. The van der Waals surface area contributed by atoms with Gasteiger partial charge in [-0.25, -0.2) is 4.99 Å². The van der Waals surface area contributed by atoms with E-state index in [2.05, 4.69) is 15.6 Å². The predicted octanol–water partition coefficient (Wildman–Crippen LogP) is 3.45. The van der Waals surface area contributed by atoms with Crippen LogP contribution in [0.3, 0.4) is 0 Å². The van der Waals surface area contributed by atoms with Crippen LogP contribution in [0, 0.1) is 6.92 Å². The third-order valence-corrected chi connectivity index (χ3v) is 5.05. The summed E-state index contributed by atoms with van der Waals surface area (Å²) in [5.41, 5.74) is 2.93. The topological polar surface area (TPSA) is 87.6 Å². The Morgan fingerprint density at radius 1 is 1.19 bits per heavy atom. The number of amides is 2. The number of rotatable bonds is 5. The Labute approximate surface area is 161 Å². The van der Waals surface area contributed by atoms with E-state index in [4.69, 9.17) is 0 Å². The number of carbonyl (C=O) groups is 3. The molecule has 1 atom stereocenters. The number of nitrogens with one attached hydrogen (secondary N) is 2. The van der Waals surface area contributed by atoms with Crippen molar-refractivity contribution < 1.29 is 14.4 Å². The second-order valence-corrected chi connectivity index (χ2v) is 7.43. The van der Waals surface area contributed by atoms with Gasteiger partial charge < -0.3 is 10.6 Å². The summed E-state index contributed by atoms with van der Waals surface area (Å²) in [4.78, 5) is 40.2. The molecule has 1 aliphatic rings. The maximum absolute atomic E-state index is 12.3. The molecule has 0 saturated carbocycles. The zero-order chi connectivity index (χ0) is 19.4. The molecule has 0 bridgehead atoms. The predicted molar refractivity (Wildman–Crippen MR) is 107 cm³/mol. The van der Waals surface area contributed by atoms with Crippen molar-refractivity contribution in [2.75, 3.05) is 5.32 Å². The first kappa shape index (κ1) is 18.8. The lowest BCUT2D eigenvalue weighted by molar-refractivity contribution is -0.122. The molecule has 1 saturated heterocycles. The van der Waals surface area contributed by atoms with Gasteiger partial charge in [0.2, 0.25) is 11.8 Å². The summed E-state index contributed by atoms with van der Waals surface area (Å²) >= 11 is 1.24. The molecular weight excluding hydrogens is 362 g/mol. The maximum atomic E-state index is 12.3. The Hall–Kier alpha value is -2.93. The molecule has 0 aliphatic carbocycles. The lowest BCUT2D eigenvalue weighted by Crippen LogP contribution is -2.28. The van der Waals surface area contributed by atoms with Crippen LogP contribution in [0.25, 0.3) is 0 Å². The second-order valence-electron chi connectivity index (χ2n) is 6.24. The van der Waals surface area contributed by atoms with Crippen LogP contribution in [0.5, 0.6) is 0 Å². The normalized spacial score (nSPS) is 17.6. The van der Waals surface area contributed by atoms with Gasteiger partial charge in [0.1, 0.15) is 5.25 Å². The summed E-state index contributed by atoms with van der Waals surface area (Å²) in [5, 5.41) is 5.39. The Balaban J connectivity index is 1.61. The molecule has 2 amide bonds. The lowest BCUT2D eigenvalue weighted by Gasteiger charge is -2.08. The van der Waals surface area contributed by atoms with Crippen LogP contribution in [-0.4, -0.2) is 28.0 Å². The van der Waals surface area contributed by atoms with Gasteiger partial charge in [-0.1, -0.05) is 41.6 Å². The number of hydrogen-bond acceptors (Lipinski definition) is 5. The Morgan fingerprint density at radius 3 is 2.63 bits per heavy atom. The van der Waals surface area contributed by atoms with Gasteiger partial charge in [-0.2, -0.15) is 0 Å². The average Bonchev–Trinajstić information content (AvgIpc) is 2.96. The van der Waals surface area contributed by atoms with E-state index in [-0.39, 0.29) is 24.0 Å². The number of aliphatic imine (C=N–C) groups is 1. The van der Waals surface area contributed by atoms with Crippen LogP contribution >= 0.6 is 11.8 Å². The van der Waals surface area contributed by atoms with Crippen molar-refractivity contribution in [2.45, 2.75) is 25.5 Å². The van der Waals surface area contributed by atoms with Gasteiger partial charge in [0.25, 0.3) is 0 Å². The van der Waals surface area contributed by atoms with Crippen molar-refractivity contribution in [3.8, 4) is 0 Å². The molecule has 27 heavy (non-hydrogen) atoms. The number of anilines is 1. The summed E-state index contributed by atoms with van der Waals surface area (Å²) < 4.78 is 0. The van der Waals surface area contributed by atoms with Crippen molar-refractivity contribution in [3.63, 3.8) is 0 Å². The van der Waals surface area contributed by atoms with E-state index in [0.717, 1.165) is 11.3 Å². The van der Waals surface area contributed by atoms with Crippen LogP contribution in [0.15, 0.2) is 53.5 Å². The number of Topliss-reactive ketones (excluding diaryl/α,β-unsaturated/α-hetero) is 1. The number of nitrogens with zero attached hydrogens (tertiary/aromatic N) is 1. The highest BCUT2D eigenvalue weighted by Gasteiger charge is 2.32. The van der Waals surface area contributed by atoms with Gasteiger partial charge in [0.15, 0.2) is 11.0 Å². The van der Waals surface area contributed by atoms with E-state index >= 15 is 0 Å². The Morgan fingerprint density at radius 2 is 1.93 bits per heavy atom. The third kappa shape index (κ3) is 5.04. The largest absolute Gasteiger partial charge is 0.326 e. The number of amidine groups is 1. The van der Waals surface area contributed by atoms with Crippen molar-refractivity contribution >= 4 is 45.9 Å². The van der Waals surface area contributed by atoms with Gasteiger partial charge in [0.05, 0.1) is 5.69 Å². The zero-order valence-electron chi connectivity index (χ0n) is 15.0. The van der Waals surface area contributed by atoms with Crippen LogP contribution < -0.4 is 10.6 Å². The van der Waals surface area contributed by atoms with Gasteiger partial charge in [-0.05, 0) is 38.1 Å². The number of hydrogen-bond donors (Lipinski definition) is 2. The van der Waals surface area contributed by atoms with Crippen molar-refractivity contribution in [1.29, 1.82) is 0 Å². The highest BCUT2D eigenvalue weighted by molar-refractivity contribution is 8.15. The SMILES string of the molecule is CC(=O)c1cccc(NC(=O)C[C@H]2SC(=Nc3ccc(C)cc3)NC2=O)c1. The number of carbonyl (C=O) groups excluding carboxylic acids is 3. The summed E-state index contributed by atoms with van der Waals surface area (Å²) in [6.07, 6.45) is 0.0215. The summed E-state index contributed by atoms with van der Waals surface area (Å²) in [6.45, 7) is 3.46. The molecule has 1 aliphatic heterocycles. The molecule has 0 aromatic heterocycles. The smallest absolute Gasteiger partial charge is 0.240 e. The van der Waals surface area contributed by atoms with Gasteiger partial charge in [-0.15, -0.1) is 0 Å². The standard InChI is InChI=1S/C20H19N3O3S/c1-12-6-8-15(9-7-12)22-20-23-19(26)17(27-20)11-18(25)21-16-5-3-4-14(10-16)13(2)24/h3-10,17H,11H2,1-2H3,(H,21,25)(H,22,23,26)/t17-/m1/s1. The summed E-state index contributed by atoms with van der Waals surface area (Å²) in [6, 6.07) is 14.3. The third-order valence-electron chi connectivity index (χ3n) is 3.96. The molecule has 2 N–H and O–H groups in total. The minimum atomic E-state index is -0.537. The van der Waals surface area contributed by atoms with Crippen molar-refractivity contribution in [2.24, 2.45) is 4.99 Å². The summed E-state index contributed by atoms with van der Waals surface area (Å²) in [7, 11) is 0. The van der Waals surface area contributed by atoms with Gasteiger partial charge in [0, 0.05) is 17.7 Å². The highest BCUT2D eigenvalue weighted by Crippen LogP contribution is 2.25. The van der Waals surface area contributed by atoms with E-state index < -0.39 is 5.25 Å². The monoisotopic (exact) mass is 381 g/mol. The van der Waals surface area contributed by atoms with Crippen LogP contribution in [0.1, 0.15) is 29.3 Å². The van der Waals surface area contributed by atoms with Gasteiger partial charge in [-0.3, -0.25) is 14.4 Å². The van der Waals surface area contributed by atoms with Crippen LogP contribution in [-0.2, 0) is 9.59 Å². The van der Waals surface area contributed by atoms with E-state index in [1.54, 1.807) is 24.3 Å². The minimum Gasteiger partial charge on any atom is -0.326 e. The maximum Gasteiger partial charge on any atom is 0.240 e. The molecule has 138 valence electrons. The lowest BCUT2D eigenvalue weighted by atomic mass is 10.1. The molecule has 1 heterocycles. The number of benzene rings is 2. The molecule has 2 aromatic carbocycles. The molecule has 0 radical (unpaired) electrons. The van der Waals surface area contributed by atoms with E-state index in [9.17, 15) is 14.4 Å². The fraction of sp³-hybridized carbons (Fsp3) is 0.200. The molecule has 2 aromatic rings. The zero-order valence-corrected chi connectivity index (χ0v) is 15.8. The Bertz CT molecular complexity index is 922. The first-order valence-corrected chi connectivity index (χ1v) is 9.32. The van der Waals surface area contributed by atoms with E-state index in [1.807, 2.05) is 31.2 Å². The minimum absolute atomic E-state index is 0.0215. The van der Waals surface area contributed by atoms with Gasteiger partial charge >= 0.3 is 0 Å². The number of aryl methyl sites for hydroxylation is 1. The molecule has 3 rings (SSSR count). The van der Waals surface area contributed by atoms with E-state index in [1.165, 1.54) is 18.7 Å². The fourth-order valence-corrected chi connectivity index (χ4v) is 3.51. The van der Waals surface area contributed by atoms with Crippen molar-refractivity contribution in [1.82, 2.24) is 5.32 Å². The van der Waals surface area contributed by atoms with Crippen molar-refractivity contribution in [3.05, 3.63) is 59.7 Å². The molecular formula is C20H19N3O3S.